The number of nitrogens with one attached hydrogen (secondary N) is 1. The van der Waals surface area contributed by atoms with Gasteiger partial charge in [-0.25, -0.2) is 0 Å². The molecular formula is C15H13BrClNO4. The van der Waals surface area contributed by atoms with Crippen LogP contribution in [0.2, 0.25) is 5.02 Å². The molecule has 7 heteroatoms. The summed E-state index contributed by atoms with van der Waals surface area (Å²) < 4.78 is 4.15. The van der Waals surface area contributed by atoms with Crippen molar-refractivity contribution in [1.82, 2.24) is 5.32 Å². The van der Waals surface area contributed by atoms with Gasteiger partial charge in [-0.2, -0.15) is 0 Å². The molecule has 1 aliphatic carbocycles. The highest BCUT2D eigenvalue weighted by Crippen LogP contribution is 2.31. The van der Waals surface area contributed by atoms with Gasteiger partial charge in [0.25, 0.3) is 5.91 Å². The molecule has 22 heavy (non-hydrogen) atoms. The Balaban J connectivity index is 1.96. The van der Waals surface area contributed by atoms with E-state index in [2.05, 4.69) is 21.2 Å². The van der Waals surface area contributed by atoms with Crippen LogP contribution in [-0.4, -0.2) is 28.0 Å². The van der Waals surface area contributed by atoms with E-state index in [4.69, 9.17) is 16.3 Å². The summed E-state index contributed by atoms with van der Waals surface area (Å²) in [5, 5.41) is 12.4. The number of benzene rings is 1. The molecule has 2 atom stereocenters. The molecule has 0 aliphatic heterocycles. The third-order valence-electron chi connectivity index (χ3n) is 2.99. The Labute approximate surface area is 140 Å². The zero-order chi connectivity index (χ0) is 16.2. The first-order chi connectivity index (χ1) is 10.4. The molecule has 116 valence electrons. The van der Waals surface area contributed by atoms with E-state index in [0.29, 0.717) is 10.8 Å². The fourth-order valence-corrected chi connectivity index (χ4v) is 2.77. The molecule has 1 aromatic carbocycles. The van der Waals surface area contributed by atoms with Crippen molar-refractivity contribution in [2.24, 2.45) is 5.92 Å². The summed E-state index contributed by atoms with van der Waals surface area (Å²) >= 11 is 9.03. The molecule has 2 rings (SSSR count). The summed E-state index contributed by atoms with van der Waals surface area (Å²) in [4.78, 5) is 23.2. The summed E-state index contributed by atoms with van der Waals surface area (Å²) in [6.07, 6.45) is 6.35. The maximum absolute atomic E-state index is 12.0. The Hall–Kier alpha value is -1.79. The number of carbonyl (C=O) groups excluding carboxylic acids is 1. The van der Waals surface area contributed by atoms with Crippen LogP contribution >= 0.6 is 27.5 Å². The van der Waals surface area contributed by atoms with E-state index in [0.717, 1.165) is 0 Å². The Morgan fingerprint density at radius 3 is 2.64 bits per heavy atom. The fourth-order valence-electron chi connectivity index (χ4n) is 1.93. The molecule has 0 spiro atoms. The Bertz CT molecular complexity index is 629. The molecule has 1 aliphatic rings. The van der Waals surface area contributed by atoms with Crippen LogP contribution in [0.15, 0.2) is 48.6 Å². The van der Waals surface area contributed by atoms with Crippen molar-refractivity contribution in [3.8, 4) is 5.75 Å². The highest BCUT2D eigenvalue weighted by atomic mass is 79.9. The smallest absolute Gasteiger partial charge is 0.314 e. The molecule has 0 saturated heterocycles. The quantitative estimate of drug-likeness (QED) is 0.603. The van der Waals surface area contributed by atoms with E-state index in [1.54, 1.807) is 42.5 Å². The van der Waals surface area contributed by atoms with Crippen LogP contribution in [0, 0.1) is 5.92 Å². The summed E-state index contributed by atoms with van der Waals surface area (Å²) in [5.74, 6) is -1.90. The van der Waals surface area contributed by atoms with Gasteiger partial charge in [-0.1, -0.05) is 45.8 Å². The number of aliphatic carboxylic acids is 1. The van der Waals surface area contributed by atoms with Crippen molar-refractivity contribution in [3.05, 3.63) is 53.6 Å². The van der Waals surface area contributed by atoms with Gasteiger partial charge in [0.15, 0.2) is 6.61 Å². The lowest BCUT2D eigenvalue weighted by Crippen LogP contribution is -2.51. The van der Waals surface area contributed by atoms with Gasteiger partial charge in [0.05, 0.1) is 0 Å². The van der Waals surface area contributed by atoms with E-state index in [1.165, 1.54) is 6.08 Å². The number of hydrogen-bond acceptors (Lipinski definition) is 3. The first-order valence-electron chi connectivity index (χ1n) is 6.38. The number of hydrogen-bond donors (Lipinski definition) is 2. The molecule has 0 heterocycles. The molecule has 1 amide bonds. The standard InChI is InChI=1S/C15H13BrClNO4/c16-15(8-2-1-3-12(15)14(20)21)18-13(19)9-22-11-6-4-10(17)5-7-11/h1-8,12H,9H2,(H,18,19)(H,20,21). The van der Waals surface area contributed by atoms with Crippen LogP contribution in [0.4, 0.5) is 0 Å². The number of rotatable bonds is 5. The van der Waals surface area contributed by atoms with E-state index in [9.17, 15) is 14.7 Å². The Kier molecular flexibility index (Phi) is 5.26. The number of carbonyl (C=O) groups is 2. The van der Waals surface area contributed by atoms with E-state index in [1.807, 2.05) is 0 Å². The van der Waals surface area contributed by atoms with Gasteiger partial charge in [0.1, 0.15) is 16.1 Å². The number of carboxylic acids is 1. The number of alkyl halides is 1. The van der Waals surface area contributed by atoms with Crippen LogP contribution in [0.25, 0.3) is 0 Å². The average Bonchev–Trinajstić information content (AvgIpc) is 2.46. The highest BCUT2D eigenvalue weighted by Gasteiger charge is 2.40. The van der Waals surface area contributed by atoms with E-state index in [-0.39, 0.29) is 6.61 Å². The second-order valence-corrected chi connectivity index (χ2v) is 6.37. The third kappa shape index (κ3) is 4.11. The largest absolute Gasteiger partial charge is 0.484 e. The minimum atomic E-state index is -1.17. The topological polar surface area (TPSA) is 75.6 Å². The van der Waals surface area contributed by atoms with Gasteiger partial charge in [-0.3, -0.25) is 9.59 Å². The minimum Gasteiger partial charge on any atom is -0.484 e. The van der Waals surface area contributed by atoms with Crippen molar-refractivity contribution in [3.63, 3.8) is 0 Å². The molecule has 0 radical (unpaired) electrons. The molecule has 2 N–H and O–H groups in total. The van der Waals surface area contributed by atoms with Gasteiger partial charge in [0, 0.05) is 5.02 Å². The van der Waals surface area contributed by atoms with Crippen LogP contribution in [0.3, 0.4) is 0 Å². The van der Waals surface area contributed by atoms with E-state index >= 15 is 0 Å². The Morgan fingerprint density at radius 2 is 2.00 bits per heavy atom. The normalized spacial score (nSPS) is 23.1. The fraction of sp³-hybridized carbons (Fsp3) is 0.200. The van der Waals surface area contributed by atoms with E-state index < -0.39 is 22.2 Å². The number of ether oxygens (including phenoxy) is 1. The monoisotopic (exact) mass is 385 g/mol. The second-order valence-electron chi connectivity index (χ2n) is 4.62. The Morgan fingerprint density at radius 1 is 1.32 bits per heavy atom. The maximum Gasteiger partial charge on any atom is 0.314 e. The van der Waals surface area contributed by atoms with Crippen molar-refractivity contribution in [2.75, 3.05) is 6.61 Å². The molecule has 1 aromatic rings. The number of halogens is 2. The minimum absolute atomic E-state index is 0.237. The summed E-state index contributed by atoms with van der Waals surface area (Å²) in [6, 6.07) is 6.58. The van der Waals surface area contributed by atoms with Gasteiger partial charge < -0.3 is 15.2 Å². The molecule has 2 unspecified atom stereocenters. The van der Waals surface area contributed by atoms with Crippen molar-refractivity contribution < 1.29 is 19.4 Å². The molecule has 0 aromatic heterocycles. The summed E-state index contributed by atoms with van der Waals surface area (Å²) in [6.45, 7) is -0.237. The zero-order valence-electron chi connectivity index (χ0n) is 11.3. The molecular weight excluding hydrogens is 374 g/mol. The number of amides is 1. The van der Waals surface area contributed by atoms with Crippen LogP contribution < -0.4 is 10.1 Å². The number of carboxylic acid groups (broad SMARTS) is 1. The van der Waals surface area contributed by atoms with Gasteiger partial charge >= 0.3 is 5.97 Å². The summed E-state index contributed by atoms with van der Waals surface area (Å²) in [5.41, 5.74) is 0. The third-order valence-corrected chi connectivity index (χ3v) is 4.19. The van der Waals surface area contributed by atoms with Gasteiger partial charge in [0.2, 0.25) is 0 Å². The lowest BCUT2D eigenvalue weighted by atomic mass is 9.95. The predicted molar refractivity (Wildman–Crippen MR) is 86.2 cm³/mol. The van der Waals surface area contributed by atoms with Crippen molar-refractivity contribution in [2.45, 2.75) is 4.45 Å². The molecule has 5 nitrogen and oxygen atoms in total. The van der Waals surface area contributed by atoms with Gasteiger partial charge in [-0.15, -0.1) is 0 Å². The molecule has 0 saturated carbocycles. The van der Waals surface area contributed by atoms with Crippen LogP contribution in [0.5, 0.6) is 5.75 Å². The maximum atomic E-state index is 12.0. The molecule has 0 fully saturated rings. The first kappa shape index (κ1) is 16.6. The highest BCUT2D eigenvalue weighted by molar-refractivity contribution is 9.10. The van der Waals surface area contributed by atoms with Gasteiger partial charge in [-0.05, 0) is 30.3 Å². The van der Waals surface area contributed by atoms with Crippen molar-refractivity contribution >= 4 is 39.4 Å². The second kappa shape index (κ2) is 6.98. The zero-order valence-corrected chi connectivity index (χ0v) is 13.7. The van der Waals surface area contributed by atoms with Crippen molar-refractivity contribution in [1.29, 1.82) is 0 Å². The van der Waals surface area contributed by atoms with Crippen LogP contribution in [-0.2, 0) is 9.59 Å². The van der Waals surface area contributed by atoms with Crippen LogP contribution in [0.1, 0.15) is 0 Å². The summed E-state index contributed by atoms with van der Waals surface area (Å²) in [7, 11) is 0. The lowest BCUT2D eigenvalue weighted by molar-refractivity contribution is -0.141. The average molecular weight is 387 g/mol. The SMILES string of the molecule is O=C(COc1ccc(Cl)cc1)NC1(Br)C=CC=CC1C(=O)O. The molecule has 0 bridgehead atoms. The number of allylic oxidation sites excluding steroid dienone is 2. The predicted octanol–water partition coefficient (Wildman–Crippen LogP) is 2.75. The first-order valence-corrected chi connectivity index (χ1v) is 7.55. The lowest BCUT2D eigenvalue weighted by Gasteiger charge is -2.31.